The van der Waals surface area contributed by atoms with Crippen LogP contribution in [-0.2, 0) is 40.5 Å². The summed E-state index contributed by atoms with van der Waals surface area (Å²) in [5.74, 6) is -1.36. The van der Waals surface area contributed by atoms with E-state index in [1.807, 2.05) is 0 Å². The van der Waals surface area contributed by atoms with E-state index in [9.17, 15) is 51.9 Å². The maximum absolute atomic E-state index is 12.3. The molecule has 0 saturated carbocycles. The van der Waals surface area contributed by atoms with Crippen LogP contribution >= 0.6 is 23.2 Å². The summed E-state index contributed by atoms with van der Waals surface area (Å²) >= 11 is 11.7. The van der Waals surface area contributed by atoms with Gasteiger partial charge in [0.15, 0.2) is 10.7 Å². The Kier molecular flexibility index (Phi) is 22.3. The molecule has 0 aliphatic carbocycles. The third kappa shape index (κ3) is 16.6. The Balaban J connectivity index is -0.00000126. The molecule has 2 atom stereocenters. The molecule has 0 fully saturated rings. The van der Waals surface area contributed by atoms with Gasteiger partial charge in [0.1, 0.15) is 9.79 Å². The molecule has 4 aromatic rings. The largest absolute Gasteiger partial charge is 1.00 e. The van der Waals surface area contributed by atoms with E-state index >= 15 is 0 Å². The number of hydrogen-bond donors (Lipinski definition) is 8. The summed E-state index contributed by atoms with van der Waals surface area (Å²) in [6.07, 6.45) is 2.23. The third-order valence-electron chi connectivity index (χ3n) is 6.31. The Morgan fingerprint density at radius 3 is 1.14 bits per heavy atom. The fraction of sp³-hybridized carbons (Fsp3) is 0.167. The minimum Gasteiger partial charge on any atom is -1.00 e. The molecule has 0 radical (unpaired) electrons. The molecule has 0 saturated heterocycles. The number of nitrogens with zero attached hydrogens (tertiary/aromatic N) is 6. The molecule has 0 bridgehead atoms. The normalized spacial score (nSPS) is 12.8. The van der Waals surface area contributed by atoms with Gasteiger partial charge in [-0.1, -0.05) is 24.3 Å². The van der Waals surface area contributed by atoms with Crippen LogP contribution in [0.25, 0.3) is 12.2 Å². The topological polar surface area (TPSA) is 343 Å². The monoisotopic (exact) mass is 938 g/mol. The zero-order valence-electron chi connectivity index (χ0n) is 33.9. The van der Waals surface area contributed by atoms with E-state index in [1.54, 1.807) is 0 Å². The van der Waals surface area contributed by atoms with Gasteiger partial charge in [-0.05, 0) is 72.4 Å². The Bertz CT molecular complexity index is 2380. The number of nitrogens with one attached hydrogen (secondary N) is 4. The first-order chi connectivity index (χ1) is 23.9. The predicted octanol–water partition coefficient (Wildman–Crippen LogP) is -8.73. The predicted molar refractivity (Wildman–Crippen MR) is 191 cm³/mol. The quantitative estimate of drug-likeness (QED) is 0.0331. The summed E-state index contributed by atoms with van der Waals surface area (Å²) in [7, 11) is -19.0. The second-order valence-electron chi connectivity index (χ2n) is 10.1. The van der Waals surface area contributed by atoms with E-state index in [1.165, 1.54) is 24.3 Å². The van der Waals surface area contributed by atoms with Crippen LogP contribution in [0.3, 0.4) is 0 Å². The number of benzene rings is 2. The van der Waals surface area contributed by atoms with Gasteiger partial charge in [-0.3, -0.25) is 18.2 Å². The molecule has 0 aliphatic rings. The van der Waals surface area contributed by atoms with Crippen LogP contribution < -0.4 is 139 Å². The summed E-state index contributed by atoms with van der Waals surface area (Å²) in [4.78, 5) is 21.4. The molecule has 4 rings (SSSR count). The van der Waals surface area contributed by atoms with Crippen molar-refractivity contribution in [1.82, 2.24) is 29.9 Å². The summed E-state index contributed by atoms with van der Waals surface area (Å²) < 4.78 is 133. The van der Waals surface area contributed by atoms with E-state index in [4.69, 9.17) is 23.2 Å². The van der Waals surface area contributed by atoms with Crippen molar-refractivity contribution in [3.05, 3.63) is 58.1 Å². The van der Waals surface area contributed by atoms with Crippen molar-refractivity contribution in [3.63, 3.8) is 0 Å². The van der Waals surface area contributed by atoms with Gasteiger partial charge in [0.2, 0.25) is 34.4 Å². The van der Waals surface area contributed by atoms with Gasteiger partial charge in [-0.25, -0.2) is 0 Å². The first-order valence-electron chi connectivity index (χ1n) is 13.6. The molecule has 2 aromatic carbocycles. The molecule has 22 nitrogen and oxygen atoms in total. The Morgan fingerprint density at radius 1 is 0.554 bits per heavy atom. The number of halogens is 2. The Hall–Kier alpha value is -0.380. The standard InChI is InChI=1S/C24H24Cl2N10O12S4.4Na.4H/c1-11(49(37,38)39)27-21-31-19(25)33-23(35-21)29-15-7-5-13(17(9-15)51(43,44)45)3-4-14-6-8-16(10-18(14)52(46,47)48)30-24-34-20(26)32-22(36-24)28-12(2)50(40,41)42;;;;;;;;/h3-12H,1-2H3,(H,37,38,39)(H,40,41,42)(H,43,44,45)(H,46,47,48)(H2,27,29,31,33,35)(H2,28,30,32,34,36);;;;;;;;/q;4*+1;4*-1/b4-3+;;;;;;;;. The number of rotatable bonds is 14. The number of hydrogen-bond acceptors (Lipinski definition) is 18. The van der Waals surface area contributed by atoms with Crippen molar-refractivity contribution in [3.8, 4) is 0 Å². The van der Waals surface area contributed by atoms with Gasteiger partial charge in [0, 0.05) is 11.4 Å². The van der Waals surface area contributed by atoms with Gasteiger partial charge in [-0.2, -0.15) is 63.6 Å². The fourth-order valence-electron chi connectivity index (χ4n) is 3.84. The average Bonchev–Trinajstić information content (AvgIpc) is 2.98. The van der Waals surface area contributed by atoms with Crippen LogP contribution in [0, 0.1) is 0 Å². The van der Waals surface area contributed by atoms with E-state index < -0.39 is 71.6 Å². The summed E-state index contributed by atoms with van der Waals surface area (Å²) in [5, 5.41) is 5.88. The first kappa shape index (κ1) is 55.6. The molecule has 0 spiro atoms. The average molecular weight is 940 g/mol. The van der Waals surface area contributed by atoms with E-state index in [0.717, 1.165) is 38.1 Å². The zero-order valence-corrected chi connectivity index (χ0v) is 42.7. The molecular formula is C24H28Cl2N10Na4O12S4. The maximum Gasteiger partial charge on any atom is 1.00 e. The van der Waals surface area contributed by atoms with Crippen LogP contribution in [0.5, 0.6) is 0 Å². The van der Waals surface area contributed by atoms with Crippen molar-refractivity contribution in [2.45, 2.75) is 34.4 Å². The molecule has 32 heteroatoms. The molecular weight excluding hydrogens is 911 g/mol. The van der Waals surface area contributed by atoms with Crippen LogP contribution in [-0.4, -0.2) is 92.5 Å². The van der Waals surface area contributed by atoms with Crippen molar-refractivity contribution in [2.24, 2.45) is 0 Å². The Labute approximate surface area is 424 Å². The summed E-state index contributed by atoms with van der Waals surface area (Å²) in [6.45, 7) is 2.19. The second-order valence-corrected chi connectivity index (χ2v) is 17.1. The summed E-state index contributed by atoms with van der Waals surface area (Å²) in [6, 6.07) is 6.92. The van der Waals surface area contributed by atoms with Gasteiger partial charge in [0.05, 0.1) is 0 Å². The molecule has 0 amide bonds. The van der Waals surface area contributed by atoms with Crippen LogP contribution in [0.4, 0.5) is 35.2 Å². The summed E-state index contributed by atoms with van der Waals surface area (Å²) in [5.41, 5.74) is -0.375. The van der Waals surface area contributed by atoms with Gasteiger partial charge in [0.25, 0.3) is 40.5 Å². The molecule has 8 N–H and O–H groups in total. The van der Waals surface area contributed by atoms with Gasteiger partial charge < -0.3 is 27.0 Å². The minimum atomic E-state index is -4.94. The fourth-order valence-corrected chi connectivity index (χ4v) is 6.09. The molecule has 2 aromatic heterocycles. The minimum absolute atomic E-state index is 0. The number of aromatic nitrogens is 6. The zero-order chi connectivity index (χ0) is 38.8. The molecule has 2 unspecified atom stereocenters. The van der Waals surface area contributed by atoms with Crippen molar-refractivity contribution >= 4 is 111 Å². The molecule has 56 heavy (non-hydrogen) atoms. The smallest absolute Gasteiger partial charge is 1.00 e. The molecule has 2 heterocycles. The van der Waals surface area contributed by atoms with E-state index in [-0.39, 0.29) is 170 Å². The molecule has 0 aliphatic heterocycles. The Morgan fingerprint density at radius 2 is 0.857 bits per heavy atom. The van der Waals surface area contributed by atoms with Crippen molar-refractivity contribution in [2.75, 3.05) is 21.3 Å². The van der Waals surface area contributed by atoms with Gasteiger partial charge in [-0.15, -0.1) is 0 Å². The SMILES string of the molecule is CC(Nc1nc(Cl)nc(Nc2ccc(/C=C/c3ccc(Nc4nc(Cl)nc(NC(C)S(=O)(=O)O)n4)cc3S(=O)(=O)O)c(S(=O)(=O)O)c2)n1)S(=O)(=O)O.[H-].[H-].[H-].[H-].[Na+].[Na+].[Na+].[Na+]. The van der Waals surface area contributed by atoms with Crippen molar-refractivity contribution < 1.29 is 176 Å². The third-order valence-corrected chi connectivity index (χ3v) is 10.5. The molecule has 288 valence electrons. The van der Waals surface area contributed by atoms with Crippen LogP contribution in [0.1, 0.15) is 30.7 Å². The van der Waals surface area contributed by atoms with Crippen molar-refractivity contribution in [1.29, 1.82) is 0 Å². The van der Waals surface area contributed by atoms with E-state index in [2.05, 4.69) is 51.2 Å². The van der Waals surface area contributed by atoms with E-state index in [0.29, 0.717) is 0 Å². The van der Waals surface area contributed by atoms with Gasteiger partial charge >= 0.3 is 118 Å². The van der Waals surface area contributed by atoms with Crippen LogP contribution in [0.2, 0.25) is 10.6 Å². The van der Waals surface area contributed by atoms with Crippen LogP contribution in [0.15, 0.2) is 46.2 Å². The first-order valence-corrected chi connectivity index (χ1v) is 20.3. The maximum atomic E-state index is 12.3. The second kappa shape index (κ2) is 22.5. The number of anilines is 6.